The smallest absolute Gasteiger partial charge is 0.233 e. The molecule has 0 aliphatic heterocycles. The van der Waals surface area contributed by atoms with Gasteiger partial charge in [-0.2, -0.15) is 5.10 Å². The standard InChI is InChI=1S/C16H10Cl2F3N3O2S/c17-10-3-2-9(6-11(10)18)24-14(7-13(23-24)16(20)21)8-1-4-15(12(19)5-8)27(22,25)26/h1-7,16H,(H2,22,25,26). The molecule has 2 aromatic carbocycles. The Labute approximate surface area is 162 Å². The van der Waals surface area contributed by atoms with Crippen molar-refractivity contribution in [2.24, 2.45) is 5.14 Å². The van der Waals surface area contributed by atoms with Gasteiger partial charge in [-0.1, -0.05) is 29.3 Å². The van der Waals surface area contributed by atoms with Crippen LogP contribution in [0.5, 0.6) is 0 Å². The number of alkyl halides is 2. The average molecular weight is 436 g/mol. The van der Waals surface area contributed by atoms with Gasteiger partial charge in [0, 0.05) is 5.56 Å². The molecular weight excluding hydrogens is 426 g/mol. The highest BCUT2D eigenvalue weighted by molar-refractivity contribution is 7.89. The van der Waals surface area contributed by atoms with E-state index in [-0.39, 0.29) is 21.3 Å². The van der Waals surface area contributed by atoms with Gasteiger partial charge in [0.1, 0.15) is 16.4 Å². The molecule has 0 unspecified atom stereocenters. The molecule has 0 saturated heterocycles. The van der Waals surface area contributed by atoms with Crippen LogP contribution in [0.4, 0.5) is 13.2 Å². The summed E-state index contributed by atoms with van der Waals surface area (Å²) in [6.07, 6.45) is -2.87. The predicted molar refractivity (Wildman–Crippen MR) is 95.3 cm³/mol. The Hall–Kier alpha value is -2.07. The number of nitrogens with zero attached hydrogens (tertiary/aromatic N) is 2. The summed E-state index contributed by atoms with van der Waals surface area (Å²) in [5.41, 5.74) is -0.0248. The van der Waals surface area contributed by atoms with E-state index in [2.05, 4.69) is 5.10 Å². The largest absolute Gasteiger partial charge is 0.282 e. The van der Waals surface area contributed by atoms with Gasteiger partial charge in [0.05, 0.1) is 21.4 Å². The Morgan fingerprint density at radius 1 is 1.04 bits per heavy atom. The zero-order valence-corrected chi connectivity index (χ0v) is 15.5. The van der Waals surface area contributed by atoms with Crippen LogP contribution in [0.3, 0.4) is 0 Å². The summed E-state index contributed by atoms with van der Waals surface area (Å²) in [5, 5.41) is 9.19. The topological polar surface area (TPSA) is 78.0 Å². The van der Waals surface area contributed by atoms with Crippen LogP contribution < -0.4 is 5.14 Å². The molecule has 0 atom stereocenters. The van der Waals surface area contributed by atoms with Gasteiger partial charge in [-0.25, -0.2) is 31.4 Å². The van der Waals surface area contributed by atoms with E-state index in [0.717, 1.165) is 22.9 Å². The summed E-state index contributed by atoms with van der Waals surface area (Å²) < 4.78 is 64.3. The number of sulfonamides is 1. The first kappa shape index (κ1) is 19.7. The van der Waals surface area contributed by atoms with Crippen LogP contribution in [-0.2, 0) is 10.0 Å². The molecule has 1 aromatic heterocycles. The highest BCUT2D eigenvalue weighted by atomic mass is 35.5. The van der Waals surface area contributed by atoms with Crippen molar-refractivity contribution in [3.8, 4) is 16.9 Å². The lowest BCUT2D eigenvalue weighted by Gasteiger charge is -2.10. The van der Waals surface area contributed by atoms with Crippen molar-refractivity contribution in [3.05, 3.63) is 64.0 Å². The molecule has 1 heterocycles. The van der Waals surface area contributed by atoms with Crippen LogP contribution >= 0.6 is 23.2 Å². The summed E-state index contributed by atoms with van der Waals surface area (Å²) >= 11 is 11.8. The zero-order chi connectivity index (χ0) is 19.9. The fourth-order valence-electron chi connectivity index (χ4n) is 2.42. The van der Waals surface area contributed by atoms with Gasteiger partial charge >= 0.3 is 0 Å². The lowest BCUT2D eigenvalue weighted by atomic mass is 10.1. The summed E-state index contributed by atoms with van der Waals surface area (Å²) in [7, 11) is -4.26. The van der Waals surface area contributed by atoms with Crippen molar-refractivity contribution in [1.82, 2.24) is 9.78 Å². The molecule has 27 heavy (non-hydrogen) atoms. The van der Waals surface area contributed by atoms with Crippen LogP contribution in [0.15, 0.2) is 47.4 Å². The lowest BCUT2D eigenvalue weighted by molar-refractivity contribution is 0.145. The summed E-state index contributed by atoms with van der Waals surface area (Å²) in [5.74, 6) is -1.12. The number of rotatable bonds is 4. The first-order valence-corrected chi connectivity index (χ1v) is 9.54. The third-order valence-corrected chi connectivity index (χ3v) is 5.32. The Morgan fingerprint density at radius 3 is 2.30 bits per heavy atom. The normalized spacial score (nSPS) is 12.0. The second-order valence-electron chi connectivity index (χ2n) is 5.46. The Kier molecular flexibility index (Phi) is 5.22. The highest BCUT2D eigenvalue weighted by Crippen LogP contribution is 2.32. The zero-order valence-electron chi connectivity index (χ0n) is 13.2. The van der Waals surface area contributed by atoms with Crippen molar-refractivity contribution in [3.63, 3.8) is 0 Å². The van der Waals surface area contributed by atoms with E-state index in [1.165, 1.54) is 24.3 Å². The third kappa shape index (κ3) is 3.96. The summed E-state index contributed by atoms with van der Waals surface area (Å²) in [6.45, 7) is 0. The molecule has 5 nitrogen and oxygen atoms in total. The molecule has 0 radical (unpaired) electrons. The minimum atomic E-state index is -4.26. The first-order valence-electron chi connectivity index (χ1n) is 7.24. The number of benzene rings is 2. The van der Waals surface area contributed by atoms with E-state index in [0.29, 0.717) is 5.69 Å². The molecule has 0 aliphatic carbocycles. The SMILES string of the molecule is NS(=O)(=O)c1ccc(-c2cc(C(F)F)nn2-c2ccc(Cl)c(Cl)c2)cc1F. The van der Waals surface area contributed by atoms with Gasteiger partial charge in [-0.3, -0.25) is 0 Å². The van der Waals surface area contributed by atoms with Crippen LogP contribution in [0.2, 0.25) is 10.0 Å². The van der Waals surface area contributed by atoms with Crippen LogP contribution in [0, 0.1) is 5.82 Å². The van der Waals surface area contributed by atoms with Crippen molar-refractivity contribution >= 4 is 33.2 Å². The molecule has 11 heteroatoms. The minimum Gasteiger partial charge on any atom is -0.233 e. The Morgan fingerprint density at radius 2 is 1.74 bits per heavy atom. The molecule has 0 amide bonds. The maximum absolute atomic E-state index is 14.2. The number of aromatic nitrogens is 2. The van der Waals surface area contributed by atoms with Gasteiger partial charge in [-0.05, 0) is 36.4 Å². The molecule has 0 aliphatic rings. The van der Waals surface area contributed by atoms with Gasteiger partial charge in [0.2, 0.25) is 10.0 Å². The van der Waals surface area contributed by atoms with Crippen molar-refractivity contribution in [2.75, 3.05) is 0 Å². The van der Waals surface area contributed by atoms with E-state index in [1.54, 1.807) is 0 Å². The van der Waals surface area contributed by atoms with Crippen LogP contribution in [0.25, 0.3) is 16.9 Å². The summed E-state index contributed by atoms with van der Waals surface area (Å²) in [6, 6.07) is 8.49. The van der Waals surface area contributed by atoms with E-state index in [4.69, 9.17) is 28.3 Å². The monoisotopic (exact) mass is 435 g/mol. The molecule has 0 bridgehead atoms. The van der Waals surface area contributed by atoms with E-state index >= 15 is 0 Å². The second-order valence-corrected chi connectivity index (χ2v) is 7.80. The second kappa shape index (κ2) is 7.16. The number of nitrogens with two attached hydrogens (primary N) is 1. The Balaban J connectivity index is 2.20. The third-order valence-electron chi connectivity index (χ3n) is 3.63. The van der Waals surface area contributed by atoms with Crippen molar-refractivity contribution in [1.29, 1.82) is 0 Å². The van der Waals surface area contributed by atoms with Gasteiger partial charge in [0.15, 0.2) is 0 Å². The fourth-order valence-corrected chi connectivity index (χ4v) is 3.30. The van der Waals surface area contributed by atoms with Crippen molar-refractivity contribution in [2.45, 2.75) is 11.3 Å². The first-order chi connectivity index (χ1) is 12.6. The highest BCUT2D eigenvalue weighted by Gasteiger charge is 2.21. The average Bonchev–Trinajstić information content (AvgIpc) is 3.01. The number of primary sulfonamides is 1. The molecular formula is C16H10Cl2F3N3O2S. The Bertz CT molecular complexity index is 1130. The number of hydrogen-bond donors (Lipinski definition) is 1. The summed E-state index contributed by atoms with van der Waals surface area (Å²) in [4.78, 5) is -0.707. The predicted octanol–water partition coefficient (Wildman–Crippen LogP) is 4.57. The molecule has 142 valence electrons. The molecule has 0 saturated carbocycles. The molecule has 2 N–H and O–H groups in total. The molecule has 0 fully saturated rings. The van der Waals surface area contributed by atoms with Crippen LogP contribution in [-0.4, -0.2) is 18.2 Å². The molecule has 3 aromatic rings. The lowest BCUT2D eigenvalue weighted by Crippen LogP contribution is -2.14. The number of halogens is 5. The van der Waals surface area contributed by atoms with E-state index in [1.807, 2.05) is 0 Å². The van der Waals surface area contributed by atoms with Crippen molar-refractivity contribution < 1.29 is 21.6 Å². The maximum atomic E-state index is 14.2. The quantitative estimate of drug-likeness (QED) is 0.651. The van der Waals surface area contributed by atoms with Crippen LogP contribution in [0.1, 0.15) is 12.1 Å². The molecule has 0 spiro atoms. The fraction of sp³-hybridized carbons (Fsp3) is 0.0625. The van der Waals surface area contributed by atoms with E-state index < -0.39 is 32.9 Å². The van der Waals surface area contributed by atoms with Gasteiger partial charge < -0.3 is 0 Å². The molecule has 3 rings (SSSR count). The van der Waals surface area contributed by atoms with Gasteiger partial charge in [-0.15, -0.1) is 0 Å². The van der Waals surface area contributed by atoms with Gasteiger partial charge in [0.25, 0.3) is 6.43 Å². The maximum Gasteiger partial charge on any atom is 0.282 e. The minimum absolute atomic E-state index is 0.101. The number of hydrogen-bond acceptors (Lipinski definition) is 3. The van der Waals surface area contributed by atoms with E-state index in [9.17, 15) is 21.6 Å².